The van der Waals surface area contributed by atoms with Crippen LogP contribution in [0.4, 0.5) is 0 Å². The number of amides is 1. The van der Waals surface area contributed by atoms with Crippen molar-refractivity contribution in [3.05, 3.63) is 0 Å². The van der Waals surface area contributed by atoms with Crippen LogP contribution in [0.25, 0.3) is 0 Å². The topological polar surface area (TPSA) is 61.9 Å². The quantitative estimate of drug-likeness (QED) is 0.577. The number of nitrogens with zero attached hydrogens (tertiary/aromatic N) is 3. The van der Waals surface area contributed by atoms with E-state index in [9.17, 15) is 4.79 Å². The lowest BCUT2D eigenvalue weighted by Gasteiger charge is -2.31. The molecule has 0 aliphatic carbocycles. The van der Waals surface area contributed by atoms with Gasteiger partial charge in [-0.15, -0.1) is 0 Å². The molecule has 0 aromatic carbocycles. The molecular weight excluding hydrogens is 216 g/mol. The molecule has 1 heterocycles. The summed E-state index contributed by atoms with van der Waals surface area (Å²) in [6.07, 6.45) is 2.78. The first-order valence-electron chi connectivity index (χ1n) is 6.25. The molecule has 0 radical (unpaired) electrons. The van der Waals surface area contributed by atoms with Crippen LogP contribution in [0.1, 0.15) is 26.2 Å². The van der Waals surface area contributed by atoms with Crippen molar-refractivity contribution in [2.24, 2.45) is 16.6 Å². The van der Waals surface area contributed by atoms with Gasteiger partial charge >= 0.3 is 0 Å². The zero-order chi connectivity index (χ0) is 12.8. The number of carbonyl (C=O) groups is 1. The van der Waals surface area contributed by atoms with E-state index >= 15 is 0 Å². The predicted molar refractivity (Wildman–Crippen MR) is 69.8 cm³/mol. The highest BCUT2D eigenvalue weighted by atomic mass is 16.2. The Balaban J connectivity index is 2.31. The van der Waals surface area contributed by atoms with E-state index in [0.717, 1.165) is 19.0 Å². The molecule has 2 N–H and O–H groups in total. The van der Waals surface area contributed by atoms with Crippen LogP contribution in [0.15, 0.2) is 4.99 Å². The minimum Gasteiger partial charge on any atom is -0.370 e. The van der Waals surface area contributed by atoms with Crippen molar-refractivity contribution in [1.29, 1.82) is 0 Å². The number of piperidine rings is 1. The van der Waals surface area contributed by atoms with Gasteiger partial charge in [0, 0.05) is 33.6 Å². The lowest BCUT2D eigenvalue weighted by atomic mass is 10.00. The van der Waals surface area contributed by atoms with Crippen LogP contribution in [-0.2, 0) is 4.79 Å². The Morgan fingerprint density at radius 3 is 2.53 bits per heavy atom. The fourth-order valence-corrected chi connectivity index (χ4v) is 1.83. The van der Waals surface area contributed by atoms with Crippen molar-refractivity contribution in [3.63, 3.8) is 0 Å². The molecule has 0 unspecified atom stereocenters. The zero-order valence-electron chi connectivity index (χ0n) is 11.1. The summed E-state index contributed by atoms with van der Waals surface area (Å²) < 4.78 is 0. The SMILES string of the molecule is CC1CCN(C(N)=NCCC(=O)N(C)C)CC1. The summed E-state index contributed by atoms with van der Waals surface area (Å²) in [5.74, 6) is 1.46. The standard InChI is InChI=1S/C12H24N4O/c1-10-5-8-16(9-6-10)12(13)14-7-4-11(17)15(2)3/h10H,4-9H2,1-3H3,(H2,13,14). The monoisotopic (exact) mass is 240 g/mol. The highest BCUT2D eigenvalue weighted by Gasteiger charge is 2.16. The Bertz CT molecular complexity index is 280. The Labute approximate surface area is 104 Å². The number of rotatable bonds is 3. The van der Waals surface area contributed by atoms with Crippen LogP contribution in [-0.4, -0.2) is 55.4 Å². The molecule has 0 spiro atoms. The van der Waals surface area contributed by atoms with Crippen LogP contribution in [0.3, 0.4) is 0 Å². The van der Waals surface area contributed by atoms with Gasteiger partial charge in [-0.2, -0.15) is 0 Å². The number of hydrogen-bond acceptors (Lipinski definition) is 2. The van der Waals surface area contributed by atoms with Crippen molar-refractivity contribution in [2.75, 3.05) is 33.7 Å². The van der Waals surface area contributed by atoms with Crippen molar-refractivity contribution < 1.29 is 4.79 Å². The van der Waals surface area contributed by atoms with Gasteiger partial charge in [0.25, 0.3) is 0 Å². The molecule has 0 atom stereocenters. The van der Waals surface area contributed by atoms with E-state index in [1.165, 1.54) is 12.8 Å². The second-order valence-corrected chi connectivity index (χ2v) is 4.95. The summed E-state index contributed by atoms with van der Waals surface area (Å²) in [6.45, 7) is 4.71. The summed E-state index contributed by atoms with van der Waals surface area (Å²) in [5, 5.41) is 0. The van der Waals surface area contributed by atoms with Gasteiger partial charge in [0.15, 0.2) is 5.96 Å². The minimum atomic E-state index is 0.0915. The van der Waals surface area contributed by atoms with E-state index in [1.807, 2.05) is 0 Å². The first-order valence-corrected chi connectivity index (χ1v) is 6.25. The Morgan fingerprint density at radius 2 is 2.00 bits per heavy atom. The predicted octanol–water partition coefficient (Wildman–Crippen LogP) is 0.511. The average molecular weight is 240 g/mol. The van der Waals surface area contributed by atoms with Gasteiger partial charge in [-0.05, 0) is 18.8 Å². The van der Waals surface area contributed by atoms with Gasteiger partial charge in [-0.25, -0.2) is 0 Å². The third-order valence-corrected chi connectivity index (χ3v) is 3.21. The summed E-state index contributed by atoms with van der Waals surface area (Å²) in [4.78, 5) is 19.3. The van der Waals surface area contributed by atoms with Crippen molar-refractivity contribution in [1.82, 2.24) is 9.80 Å². The van der Waals surface area contributed by atoms with Crippen molar-refractivity contribution in [3.8, 4) is 0 Å². The smallest absolute Gasteiger partial charge is 0.223 e. The fourth-order valence-electron chi connectivity index (χ4n) is 1.83. The first kappa shape index (κ1) is 13.8. The maximum Gasteiger partial charge on any atom is 0.223 e. The van der Waals surface area contributed by atoms with Gasteiger partial charge in [-0.3, -0.25) is 9.79 Å². The molecule has 17 heavy (non-hydrogen) atoms. The molecule has 98 valence electrons. The largest absolute Gasteiger partial charge is 0.370 e. The van der Waals surface area contributed by atoms with Crippen LogP contribution in [0.2, 0.25) is 0 Å². The van der Waals surface area contributed by atoms with Crippen LogP contribution in [0.5, 0.6) is 0 Å². The number of aliphatic imine (C=N–C) groups is 1. The van der Waals surface area contributed by atoms with Crippen LogP contribution in [0, 0.1) is 5.92 Å². The molecule has 0 bridgehead atoms. The number of guanidine groups is 1. The summed E-state index contributed by atoms with van der Waals surface area (Å²) in [5.41, 5.74) is 5.91. The molecule has 0 aromatic rings. The number of carbonyl (C=O) groups excluding carboxylic acids is 1. The molecule has 1 aliphatic heterocycles. The molecule has 5 nitrogen and oxygen atoms in total. The van der Waals surface area contributed by atoms with Gasteiger partial charge < -0.3 is 15.5 Å². The average Bonchev–Trinajstić information content (AvgIpc) is 2.29. The molecule has 5 heteroatoms. The number of hydrogen-bond donors (Lipinski definition) is 1. The number of likely N-dealkylation sites (tertiary alicyclic amines) is 1. The second-order valence-electron chi connectivity index (χ2n) is 4.95. The maximum atomic E-state index is 11.3. The Hall–Kier alpha value is -1.26. The molecule has 0 saturated carbocycles. The van der Waals surface area contributed by atoms with E-state index < -0.39 is 0 Å². The summed E-state index contributed by atoms with van der Waals surface area (Å²) >= 11 is 0. The van der Waals surface area contributed by atoms with E-state index in [2.05, 4.69) is 16.8 Å². The van der Waals surface area contributed by atoms with Crippen molar-refractivity contribution in [2.45, 2.75) is 26.2 Å². The normalized spacial score (nSPS) is 18.3. The van der Waals surface area contributed by atoms with Crippen LogP contribution < -0.4 is 5.73 Å². The first-order chi connectivity index (χ1) is 8.00. The fraction of sp³-hybridized carbons (Fsp3) is 0.833. The summed E-state index contributed by atoms with van der Waals surface area (Å²) in [7, 11) is 3.50. The van der Waals surface area contributed by atoms with Crippen LogP contribution >= 0.6 is 0 Å². The van der Waals surface area contributed by atoms with E-state index in [1.54, 1.807) is 19.0 Å². The van der Waals surface area contributed by atoms with Gasteiger partial charge in [0.05, 0.1) is 6.54 Å². The second kappa shape index (κ2) is 6.47. The lowest BCUT2D eigenvalue weighted by Crippen LogP contribution is -2.42. The molecule has 1 aliphatic rings. The van der Waals surface area contributed by atoms with E-state index in [4.69, 9.17) is 5.73 Å². The van der Waals surface area contributed by atoms with Gasteiger partial charge in [-0.1, -0.05) is 6.92 Å². The zero-order valence-corrected chi connectivity index (χ0v) is 11.1. The molecule has 1 saturated heterocycles. The molecule has 1 rings (SSSR count). The molecule has 1 fully saturated rings. The van der Waals surface area contributed by atoms with Gasteiger partial charge in [0.2, 0.25) is 5.91 Å². The van der Waals surface area contributed by atoms with Crippen molar-refractivity contribution >= 4 is 11.9 Å². The summed E-state index contributed by atoms with van der Waals surface area (Å²) in [6, 6.07) is 0. The van der Waals surface area contributed by atoms with E-state index in [-0.39, 0.29) is 5.91 Å². The van der Waals surface area contributed by atoms with E-state index in [0.29, 0.717) is 18.9 Å². The number of nitrogens with two attached hydrogens (primary N) is 1. The highest BCUT2D eigenvalue weighted by molar-refractivity contribution is 5.79. The lowest BCUT2D eigenvalue weighted by molar-refractivity contribution is -0.128. The third kappa shape index (κ3) is 4.63. The molecule has 1 amide bonds. The minimum absolute atomic E-state index is 0.0915. The Morgan fingerprint density at radius 1 is 1.41 bits per heavy atom. The highest BCUT2D eigenvalue weighted by Crippen LogP contribution is 2.15. The maximum absolute atomic E-state index is 11.3. The Kier molecular flexibility index (Phi) is 5.25. The third-order valence-electron chi connectivity index (χ3n) is 3.21. The van der Waals surface area contributed by atoms with Gasteiger partial charge in [0.1, 0.15) is 0 Å². The molecule has 0 aromatic heterocycles. The molecular formula is C12H24N4O.